The van der Waals surface area contributed by atoms with Crippen molar-refractivity contribution < 1.29 is 13.9 Å². The van der Waals surface area contributed by atoms with Gasteiger partial charge in [-0.1, -0.05) is 35.9 Å². The van der Waals surface area contributed by atoms with Gasteiger partial charge in [-0.3, -0.25) is 0 Å². The molecule has 3 nitrogen and oxygen atoms in total. The normalized spacial score (nSPS) is 14.3. The maximum Gasteiger partial charge on any atom is 0.127 e. The van der Waals surface area contributed by atoms with Crippen LogP contribution in [0, 0.1) is 0 Å². The van der Waals surface area contributed by atoms with Crippen molar-refractivity contribution >= 4 is 17.2 Å². The van der Waals surface area contributed by atoms with Crippen molar-refractivity contribution in [3.05, 3.63) is 70.7 Å². The molecule has 0 bridgehead atoms. The zero-order valence-corrected chi connectivity index (χ0v) is 17.2. The second-order valence-electron chi connectivity index (χ2n) is 6.93. The molecule has 0 aromatic heterocycles. The van der Waals surface area contributed by atoms with Crippen LogP contribution in [0.3, 0.4) is 0 Å². The maximum atomic E-state index is 14.9. The van der Waals surface area contributed by atoms with Crippen molar-refractivity contribution in [1.82, 2.24) is 4.90 Å². The van der Waals surface area contributed by atoms with Crippen molar-refractivity contribution in [3.63, 3.8) is 0 Å². The Hall–Kier alpha value is -2.30. The van der Waals surface area contributed by atoms with Crippen LogP contribution in [0.5, 0.6) is 5.75 Å². The molecular weight excluding hydrogens is 377 g/mol. The molecule has 0 N–H and O–H groups in total. The van der Waals surface area contributed by atoms with E-state index in [1.165, 1.54) is 0 Å². The molecule has 1 aliphatic carbocycles. The highest BCUT2D eigenvalue weighted by atomic mass is 35.5. The third-order valence-electron chi connectivity index (χ3n) is 4.66. The van der Waals surface area contributed by atoms with E-state index >= 15 is 0 Å². The van der Waals surface area contributed by atoms with Crippen LogP contribution >= 0.6 is 11.6 Å². The van der Waals surface area contributed by atoms with Gasteiger partial charge in [0.1, 0.15) is 23.9 Å². The van der Waals surface area contributed by atoms with Crippen LogP contribution in [0.15, 0.2) is 60.1 Å². The standard InChI is InChI=1S/C23H25ClFNO2/c1-26(2)13-14-28-21-12-11-16(17-7-4-5-8-19(17)24)15-18(21)23-20(25)9-6-10-22(23)27-3/h4-5,7-8,10-12,15H,6,9,13-14H2,1-3H3. The molecule has 1 aliphatic rings. The molecule has 0 saturated heterocycles. The Bertz CT molecular complexity index is 905. The van der Waals surface area contributed by atoms with Gasteiger partial charge in [0.2, 0.25) is 0 Å². The summed E-state index contributed by atoms with van der Waals surface area (Å²) in [5.41, 5.74) is 2.94. The van der Waals surface area contributed by atoms with Gasteiger partial charge in [-0.05, 0) is 50.4 Å². The Morgan fingerprint density at radius 3 is 2.61 bits per heavy atom. The number of allylic oxidation sites excluding steroid dienone is 3. The lowest BCUT2D eigenvalue weighted by molar-refractivity contribution is 0.260. The fourth-order valence-corrected chi connectivity index (χ4v) is 3.45. The van der Waals surface area contributed by atoms with Gasteiger partial charge in [-0.2, -0.15) is 0 Å². The van der Waals surface area contributed by atoms with Crippen molar-refractivity contribution in [2.75, 3.05) is 34.4 Å². The van der Waals surface area contributed by atoms with Crippen LogP contribution in [0.1, 0.15) is 18.4 Å². The first-order chi connectivity index (χ1) is 13.5. The topological polar surface area (TPSA) is 21.7 Å². The predicted octanol–water partition coefficient (Wildman–Crippen LogP) is 5.95. The average Bonchev–Trinajstić information content (AvgIpc) is 2.68. The van der Waals surface area contributed by atoms with E-state index in [0.717, 1.165) is 17.7 Å². The van der Waals surface area contributed by atoms with Crippen molar-refractivity contribution in [2.24, 2.45) is 0 Å². The summed E-state index contributed by atoms with van der Waals surface area (Å²) >= 11 is 6.38. The van der Waals surface area contributed by atoms with Crippen LogP contribution in [0.2, 0.25) is 5.02 Å². The Morgan fingerprint density at radius 2 is 1.89 bits per heavy atom. The number of nitrogens with zero attached hydrogens (tertiary/aromatic N) is 1. The zero-order valence-electron chi connectivity index (χ0n) is 16.5. The van der Waals surface area contributed by atoms with E-state index in [4.69, 9.17) is 21.1 Å². The molecule has 28 heavy (non-hydrogen) atoms. The fourth-order valence-electron chi connectivity index (χ4n) is 3.21. The smallest absolute Gasteiger partial charge is 0.127 e. The molecule has 0 aliphatic heterocycles. The first-order valence-corrected chi connectivity index (χ1v) is 9.69. The quantitative estimate of drug-likeness (QED) is 0.572. The summed E-state index contributed by atoms with van der Waals surface area (Å²) in [6, 6.07) is 13.4. The molecule has 0 radical (unpaired) electrons. The van der Waals surface area contributed by atoms with E-state index in [-0.39, 0.29) is 5.83 Å². The summed E-state index contributed by atoms with van der Waals surface area (Å²) in [5, 5.41) is 0.648. The van der Waals surface area contributed by atoms with E-state index in [1.807, 2.05) is 67.5 Å². The molecule has 148 valence electrons. The second kappa shape index (κ2) is 9.26. The van der Waals surface area contributed by atoms with Crippen LogP contribution in [0.4, 0.5) is 4.39 Å². The molecular formula is C23H25ClFNO2. The Morgan fingerprint density at radius 1 is 1.11 bits per heavy atom. The van der Waals surface area contributed by atoms with Crippen LogP contribution in [0.25, 0.3) is 16.7 Å². The van der Waals surface area contributed by atoms with Gasteiger partial charge in [-0.25, -0.2) is 4.39 Å². The number of ether oxygens (including phenoxy) is 2. The Labute approximate surface area is 171 Å². The van der Waals surface area contributed by atoms with Gasteiger partial charge < -0.3 is 14.4 Å². The summed E-state index contributed by atoms with van der Waals surface area (Å²) in [5.74, 6) is 0.985. The van der Waals surface area contributed by atoms with Crippen LogP contribution in [-0.2, 0) is 4.74 Å². The number of likely N-dealkylation sites (N-methyl/N-ethyl adjacent to an activating group) is 1. The number of halogens is 2. The largest absolute Gasteiger partial charge is 0.496 e. The fraction of sp³-hybridized carbons (Fsp3) is 0.304. The van der Waals surface area contributed by atoms with Gasteiger partial charge in [-0.15, -0.1) is 0 Å². The van der Waals surface area contributed by atoms with Crippen LogP contribution in [-0.4, -0.2) is 39.3 Å². The number of hydrogen-bond acceptors (Lipinski definition) is 3. The molecule has 5 heteroatoms. The molecule has 0 unspecified atom stereocenters. The summed E-state index contributed by atoms with van der Waals surface area (Å²) < 4.78 is 26.4. The second-order valence-corrected chi connectivity index (χ2v) is 7.34. The monoisotopic (exact) mass is 401 g/mol. The van der Waals surface area contributed by atoms with Gasteiger partial charge in [0.05, 0.1) is 12.7 Å². The third-order valence-corrected chi connectivity index (χ3v) is 4.99. The summed E-state index contributed by atoms with van der Waals surface area (Å²) in [7, 11) is 5.54. The number of methoxy groups -OCH3 is 1. The Balaban J connectivity index is 2.09. The number of hydrogen-bond donors (Lipinski definition) is 0. The number of benzene rings is 2. The Kier molecular flexibility index (Phi) is 6.76. The predicted molar refractivity (Wildman–Crippen MR) is 113 cm³/mol. The molecule has 2 aromatic carbocycles. The molecule has 0 fully saturated rings. The summed E-state index contributed by atoms with van der Waals surface area (Å²) in [6.07, 6.45) is 2.90. The SMILES string of the molecule is COC1=CCCC(F)=C1c1cc(-c2ccccc2Cl)ccc1OCCN(C)C. The van der Waals surface area contributed by atoms with Crippen molar-refractivity contribution in [3.8, 4) is 16.9 Å². The first kappa shape index (κ1) is 20.4. The van der Waals surface area contributed by atoms with Gasteiger partial charge in [0.25, 0.3) is 0 Å². The highest BCUT2D eigenvalue weighted by Crippen LogP contribution is 2.41. The van der Waals surface area contributed by atoms with E-state index in [0.29, 0.717) is 47.1 Å². The van der Waals surface area contributed by atoms with Crippen LogP contribution < -0.4 is 4.74 Å². The lowest BCUT2D eigenvalue weighted by atomic mass is 9.93. The van der Waals surface area contributed by atoms with E-state index in [2.05, 4.69) is 0 Å². The first-order valence-electron chi connectivity index (χ1n) is 9.31. The minimum absolute atomic E-state index is 0.187. The average molecular weight is 402 g/mol. The lowest BCUT2D eigenvalue weighted by Gasteiger charge is -2.21. The maximum absolute atomic E-state index is 14.9. The molecule has 0 heterocycles. The highest BCUT2D eigenvalue weighted by molar-refractivity contribution is 6.33. The summed E-state index contributed by atoms with van der Waals surface area (Å²) in [6.45, 7) is 1.27. The molecule has 0 amide bonds. The third kappa shape index (κ3) is 4.57. The summed E-state index contributed by atoms with van der Waals surface area (Å²) in [4.78, 5) is 2.04. The van der Waals surface area contributed by atoms with Gasteiger partial charge >= 0.3 is 0 Å². The molecule has 2 aromatic rings. The van der Waals surface area contributed by atoms with E-state index < -0.39 is 0 Å². The molecule has 0 saturated carbocycles. The van der Waals surface area contributed by atoms with Crippen molar-refractivity contribution in [1.29, 1.82) is 0 Å². The minimum Gasteiger partial charge on any atom is -0.496 e. The number of rotatable bonds is 7. The van der Waals surface area contributed by atoms with Crippen molar-refractivity contribution in [2.45, 2.75) is 12.8 Å². The molecule has 0 atom stereocenters. The molecule has 3 rings (SSSR count). The van der Waals surface area contributed by atoms with E-state index in [1.54, 1.807) is 7.11 Å². The van der Waals surface area contributed by atoms with E-state index in [9.17, 15) is 4.39 Å². The van der Waals surface area contributed by atoms with Gasteiger partial charge in [0.15, 0.2) is 0 Å². The van der Waals surface area contributed by atoms with Gasteiger partial charge in [0, 0.05) is 29.1 Å². The zero-order chi connectivity index (χ0) is 20.1. The minimum atomic E-state index is -0.187. The highest BCUT2D eigenvalue weighted by Gasteiger charge is 2.23. The molecule has 0 spiro atoms. The lowest BCUT2D eigenvalue weighted by Crippen LogP contribution is -2.19.